The lowest BCUT2D eigenvalue weighted by Crippen LogP contribution is -2.36. The monoisotopic (exact) mass is 420 g/mol. The van der Waals surface area contributed by atoms with Gasteiger partial charge in [0.15, 0.2) is 0 Å². The first kappa shape index (κ1) is 21.1. The Morgan fingerprint density at radius 2 is 1.87 bits per heavy atom. The van der Waals surface area contributed by atoms with E-state index in [9.17, 15) is 9.59 Å². The quantitative estimate of drug-likeness (QED) is 0.471. The number of fused-ring (bicyclic) bond motifs is 1. The van der Waals surface area contributed by atoms with Crippen LogP contribution in [-0.4, -0.2) is 33.8 Å². The average Bonchev–Trinajstić information content (AvgIpc) is 2.80. The third-order valence-electron chi connectivity index (χ3n) is 5.99. The molecule has 7 nitrogen and oxygen atoms in total. The predicted octanol–water partition coefficient (Wildman–Crippen LogP) is 3.45. The third kappa shape index (κ3) is 4.32. The number of aryl methyl sites for hydroxylation is 1. The molecule has 1 aliphatic heterocycles. The molecular formula is C24H28N4O3. The number of anilines is 1. The van der Waals surface area contributed by atoms with Gasteiger partial charge in [0, 0.05) is 25.9 Å². The Hall–Kier alpha value is -3.19. The van der Waals surface area contributed by atoms with Gasteiger partial charge in [0.05, 0.1) is 22.3 Å². The van der Waals surface area contributed by atoms with Crippen LogP contribution in [0.15, 0.2) is 53.3 Å². The van der Waals surface area contributed by atoms with E-state index in [2.05, 4.69) is 11.8 Å². The van der Waals surface area contributed by atoms with Gasteiger partial charge in [0.1, 0.15) is 5.82 Å². The maximum Gasteiger partial charge on any atom is 0.268 e. The van der Waals surface area contributed by atoms with Gasteiger partial charge in [-0.25, -0.2) is 10.5 Å². The fraction of sp³-hybridized carbons (Fsp3) is 0.375. The molecule has 4 rings (SSSR count). The molecule has 0 radical (unpaired) electrons. The zero-order chi connectivity index (χ0) is 21.8. The summed E-state index contributed by atoms with van der Waals surface area (Å²) < 4.78 is 1.74. The summed E-state index contributed by atoms with van der Waals surface area (Å²) in [7, 11) is 0. The van der Waals surface area contributed by atoms with E-state index in [4.69, 9.17) is 10.2 Å². The van der Waals surface area contributed by atoms with Gasteiger partial charge >= 0.3 is 0 Å². The lowest BCUT2D eigenvalue weighted by Gasteiger charge is -2.34. The summed E-state index contributed by atoms with van der Waals surface area (Å²) >= 11 is 0. The van der Waals surface area contributed by atoms with Crippen LogP contribution in [0.1, 0.15) is 38.4 Å². The van der Waals surface area contributed by atoms with Crippen molar-refractivity contribution in [2.75, 3.05) is 18.0 Å². The molecule has 0 spiro atoms. The highest BCUT2D eigenvalue weighted by Crippen LogP contribution is 2.29. The number of nitrogens with zero attached hydrogens (tertiary/aromatic N) is 3. The maximum atomic E-state index is 13.8. The molecule has 1 aliphatic rings. The summed E-state index contributed by atoms with van der Waals surface area (Å²) in [6.07, 6.45) is 3.61. The minimum Gasteiger partial charge on any atom is -0.371 e. The van der Waals surface area contributed by atoms with E-state index < -0.39 is 0 Å². The summed E-state index contributed by atoms with van der Waals surface area (Å²) in [6.45, 7) is 3.59. The van der Waals surface area contributed by atoms with Crippen molar-refractivity contribution < 1.29 is 10.0 Å². The number of para-hydroxylation sites is 1. The smallest absolute Gasteiger partial charge is 0.268 e. The van der Waals surface area contributed by atoms with E-state index >= 15 is 0 Å². The molecule has 1 saturated heterocycles. The first-order valence-corrected chi connectivity index (χ1v) is 10.9. The second kappa shape index (κ2) is 9.31. The topological polar surface area (TPSA) is 87.5 Å². The highest BCUT2D eigenvalue weighted by Gasteiger charge is 2.24. The van der Waals surface area contributed by atoms with Crippen LogP contribution in [0.2, 0.25) is 0 Å². The third-order valence-corrected chi connectivity index (χ3v) is 5.99. The zero-order valence-electron chi connectivity index (χ0n) is 17.8. The lowest BCUT2D eigenvalue weighted by molar-refractivity contribution is -0.130. The van der Waals surface area contributed by atoms with Crippen LogP contribution in [0, 0.1) is 5.92 Å². The first-order chi connectivity index (χ1) is 15.1. The predicted molar refractivity (Wildman–Crippen MR) is 121 cm³/mol. The molecule has 0 atom stereocenters. The Morgan fingerprint density at radius 3 is 2.55 bits per heavy atom. The fourth-order valence-electron chi connectivity index (χ4n) is 4.44. The second-order valence-corrected chi connectivity index (χ2v) is 8.09. The maximum absolute atomic E-state index is 13.8. The van der Waals surface area contributed by atoms with Gasteiger partial charge < -0.3 is 4.90 Å². The summed E-state index contributed by atoms with van der Waals surface area (Å²) in [5, 5.41) is 9.41. The average molecular weight is 421 g/mol. The number of piperidine rings is 1. The molecule has 0 bridgehead atoms. The highest BCUT2D eigenvalue weighted by molar-refractivity contribution is 5.91. The van der Waals surface area contributed by atoms with E-state index in [1.54, 1.807) is 10.0 Å². The number of benzene rings is 2. The van der Waals surface area contributed by atoms with Gasteiger partial charge in [-0.05, 0) is 49.4 Å². The van der Waals surface area contributed by atoms with Gasteiger partial charge in [-0.3, -0.25) is 19.4 Å². The number of aromatic nitrogens is 2. The van der Waals surface area contributed by atoms with Crippen molar-refractivity contribution in [2.24, 2.45) is 5.92 Å². The van der Waals surface area contributed by atoms with Crippen molar-refractivity contribution in [1.29, 1.82) is 0 Å². The molecule has 0 unspecified atom stereocenters. The highest BCUT2D eigenvalue weighted by atomic mass is 16.5. The van der Waals surface area contributed by atoms with Crippen LogP contribution in [0.5, 0.6) is 0 Å². The van der Waals surface area contributed by atoms with E-state index in [1.165, 1.54) is 0 Å². The number of hydrogen-bond donors (Lipinski definition) is 2. The fourth-order valence-corrected chi connectivity index (χ4v) is 4.44. The number of carbonyl (C=O) groups is 1. The van der Waals surface area contributed by atoms with Crippen LogP contribution in [0.4, 0.5) is 5.69 Å². The molecule has 162 valence electrons. The molecule has 31 heavy (non-hydrogen) atoms. The zero-order valence-corrected chi connectivity index (χ0v) is 17.8. The number of hydroxylamine groups is 1. The molecular weight excluding hydrogens is 392 g/mol. The van der Waals surface area contributed by atoms with Crippen molar-refractivity contribution in [3.8, 4) is 5.69 Å². The van der Waals surface area contributed by atoms with Gasteiger partial charge in [0.2, 0.25) is 5.91 Å². The largest absolute Gasteiger partial charge is 0.371 e. The summed E-state index contributed by atoms with van der Waals surface area (Å²) in [5.41, 5.74) is 4.12. The second-order valence-electron chi connectivity index (χ2n) is 8.09. The molecule has 1 amide bonds. The lowest BCUT2D eigenvalue weighted by atomic mass is 9.93. The van der Waals surface area contributed by atoms with Crippen molar-refractivity contribution in [1.82, 2.24) is 15.0 Å². The van der Waals surface area contributed by atoms with E-state index in [-0.39, 0.29) is 17.4 Å². The normalized spacial score (nSPS) is 14.7. The molecule has 7 heteroatoms. The number of nitrogens with one attached hydrogen (secondary N) is 1. The molecule has 1 fully saturated rings. The molecule has 0 saturated carbocycles. The number of rotatable bonds is 6. The molecule has 2 heterocycles. The first-order valence-electron chi connectivity index (χ1n) is 10.9. The van der Waals surface area contributed by atoms with Crippen molar-refractivity contribution in [3.63, 3.8) is 0 Å². The number of carbonyl (C=O) groups excluding carboxylic acids is 1. The Labute approximate surface area is 181 Å². The molecule has 1 aromatic heterocycles. The SMILES string of the molecule is CCCc1nc2cccc(N3CCC(CC(=O)NO)CC3)c2c(=O)n1-c1ccccc1. The minimum atomic E-state index is -0.345. The molecule has 3 aromatic rings. The number of hydrogen-bond acceptors (Lipinski definition) is 5. The van der Waals surface area contributed by atoms with E-state index in [0.29, 0.717) is 11.8 Å². The number of amides is 1. The summed E-state index contributed by atoms with van der Waals surface area (Å²) in [4.78, 5) is 32.3. The van der Waals surface area contributed by atoms with Crippen molar-refractivity contribution in [3.05, 3.63) is 64.7 Å². The van der Waals surface area contributed by atoms with Gasteiger partial charge in [0.25, 0.3) is 5.56 Å². The van der Waals surface area contributed by atoms with Gasteiger partial charge in [-0.1, -0.05) is 31.2 Å². The van der Waals surface area contributed by atoms with Crippen LogP contribution in [0.3, 0.4) is 0 Å². The standard InChI is InChI=1S/C24H28N4O3/c1-2-7-21-25-19-10-6-11-20(27-14-12-17(13-15-27)16-22(29)26-31)23(19)24(30)28(21)18-8-4-3-5-9-18/h3-6,8-11,17,31H,2,7,12-16H2,1H3,(H,26,29). The molecule has 2 aromatic carbocycles. The van der Waals surface area contributed by atoms with Crippen molar-refractivity contribution in [2.45, 2.75) is 39.0 Å². The Balaban J connectivity index is 1.75. The molecule has 2 N–H and O–H groups in total. The summed E-state index contributed by atoms with van der Waals surface area (Å²) in [5.74, 6) is 0.660. The van der Waals surface area contributed by atoms with Crippen LogP contribution in [0.25, 0.3) is 16.6 Å². The summed E-state index contributed by atoms with van der Waals surface area (Å²) in [6, 6.07) is 15.5. The Bertz CT molecular complexity index is 1120. The van der Waals surface area contributed by atoms with Gasteiger partial charge in [-0.2, -0.15) is 0 Å². The Morgan fingerprint density at radius 1 is 1.13 bits per heavy atom. The van der Waals surface area contributed by atoms with Crippen LogP contribution >= 0.6 is 0 Å². The molecule has 0 aliphatic carbocycles. The van der Waals surface area contributed by atoms with Crippen LogP contribution in [-0.2, 0) is 11.2 Å². The van der Waals surface area contributed by atoms with Gasteiger partial charge in [-0.15, -0.1) is 0 Å². The van der Waals surface area contributed by atoms with E-state index in [0.717, 1.165) is 61.5 Å². The minimum absolute atomic E-state index is 0.0444. The van der Waals surface area contributed by atoms with Crippen molar-refractivity contribution >= 4 is 22.5 Å². The Kier molecular flexibility index (Phi) is 6.32. The van der Waals surface area contributed by atoms with E-state index in [1.807, 2.05) is 48.5 Å². The van der Waals surface area contributed by atoms with Crippen LogP contribution < -0.4 is 15.9 Å².